The lowest BCUT2D eigenvalue weighted by Gasteiger charge is -2.17. The maximum atomic E-state index is 13.7. The van der Waals surface area contributed by atoms with Gasteiger partial charge in [0.25, 0.3) is 0 Å². The summed E-state index contributed by atoms with van der Waals surface area (Å²) in [5.74, 6) is 0.0557. The Kier molecular flexibility index (Phi) is 7.55. The molecule has 0 fully saturated rings. The Morgan fingerprint density at radius 1 is 0.943 bits per heavy atom. The van der Waals surface area contributed by atoms with Crippen LogP contribution in [0.2, 0.25) is 0 Å². The smallest absolute Gasteiger partial charge is 0.421 e. The van der Waals surface area contributed by atoms with Gasteiger partial charge in [0.1, 0.15) is 16.3 Å². The van der Waals surface area contributed by atoms with Crippen LogP contribution in [0.25, 0.3) is 0 Å². The fourth-order valence-electron chi connectivity index (χ4n) is 3.07. The number of anilines is 4. The summed E-state index contributed by atoms with van der Waals surface area (Å²) >= 11 is 0. The van der Waals surface area contributed by atoms with Gasteiger partial charge in [-0.15, -0.1) is 0 Å². The molecule has 14 heteroatoms. The highest BCUT2D eigenvalue weighted by atomic mass is 32.2. The van der Waals surface area contributed by atoms with Gasteiger partial charge in [0.15, 0.2) is 11.5 Å². The summed E-state index contributed by atoms with van der Waals surface area (Å²) in [6.45, 7) is 0. The SMILES string of the molecule is CNS(=O)(=O)c1ccccc1Nc1nc(Nc2cc(OC)c(OC)c(OC)c2)ncc1C(F)(F)F. The molecule has 1 heterocycles. The first-order valence-electron chi connectivity index (χ1n) is 9.85. The number of hydrogen-bond acceptors (Lipinski definition) is 9. The minimum absolute atomic E-state index is 0.107. The zero-order chi connectivity index (χ0) is 25.8. The Balaban J connectivity index is 2.07. The fourth-order valence-corrected chi connectivity index (χ4v) is 3.96. The van der Waals surface area contributed by atoms with Crippen LogP contribution >= 0.6 is 0 Å². The number of sulfonamides is 1. The Bertz CT molecular complexity index is 1290. The zero-order valence-electron chi connectivity index (χ0n) is 19.0. The molecule has 0 amide bonds. The second-order valence-electron chi connectivity index (χ2n) is 6.82. The quantitative estimate of drug-likeness (QED) is 0.391. The average molecular weight is 513 g/mol. The van der Waals surface area contributed by atoms with Crippen molar-refractivity contribution in [2.24, 2.45) is 0 Å². The molecule has 0 spiro atoms. The van der Waals surface area contributed by atoms with Crippen molar-refractivity contribution in [2.75, 3.05) is 39.0 Å². The molecule has 0 atom stereocenters. The van der Waals surface area contributed by atoms with Crippen molar-refractivity contribution in [1.82, 2.24) is 14.7 Å². The molecule has 3 N–H and O–H groups in total. The van der Waals surface area contributed by atoms with E-state index in [9.17, 15) is 21.6 Å². The van der Waals surface area contributed by atoms with Crippen LogP contribution in [0.3, 0.4) is 0 Å². The van der Waals surface area contributed by atoms with E-state index in [1.807, 2.05) is 0 Å². The van der Waals surface area contributed by atoms with Gasteiger partial charge >= 0.3 is 6.18 Å². The lowest BCUT2D eigenvalue weighted by molar-refractivity contribution is -0.137. The average Bonchev–Trinajstić information content (AvgIpc) is 2.83. The summed E-state index contributed by atoms with van der Waals surface area (Å²) in [7, 11) is 1.47. The van der Waals surface area contributed by atoms with Gasteiger partial charge in [0, 0.05) is 24.0 Å². The molecule has 35 heavy (non-hydrogen) atoms. The van der Waals surface area contributed by atoms with Crippen LogP contribution in [0.1, 0.15) is 5.56 Å². The molecule has 0 bridgehead atoms. The molecule has 0 saturated carbocycles. The number of aromatic nitrogens is 2. The predicted octanol–water partition coefficient (Wildman–Crippen LogP) is 3.92. The topological polar surface area (TPSA) is 124 Å². The third-order valence-corrected chi connectivity index (χ3v) is 6.19. The number of ether oxygens (including phenoxy) is 3. The Labute approximate surface area is 199 Å². The molecular weight excluding hydrogens is 491 g/mol. The van der Waals surface area contributed by atoms with E-state index in [4.69, 9.17) is 14.2 Å². The highest BCUT2D eigenvalue weighted by molar-refractivity contribution is 7.89. The fraction of sp³-hybridized carbons (Fsp3) is 0.238. The second-order valence-corrected chi connectivity index (χ2v) is 8.68. The summed E-state index contributed by atoms with van der Waals surface area (Å²) in [5.41, 5.74) is -0.960. The van der Waals surface area contributed by atoms with E-state index >= 15 is 0 Å². The molecule has 188 valence electrons. The highest BCUT2D eigenvalue weighted by Gasteiger charge is 2.36. The number of nitrogens with zero attached hydrogens (tertiary/aromatic N) is 2. The lowest BCUT2D eigenvalue weighted by atomic mass is 10.2. The van der Waals surface area contributed by atoms with Crippen molar-refractivity contribution in [3.63, 3.8) is 0 Å². The first-order chi connectivity index (χ1) is 16.5. The van der Waals surface area contributed by atoms with Crippen molar-refractivity contribution in [1.29, 1.82) is 0 Å². The summed E-state index contributed by atoms with van der Waals surface area (Å²) in [4.78, 5) is 7.45. The van der Waals surface area contributed by atoms with Crippen LogP contribution in [0.5, 0.6) is 17.2 Å². The molecule has 0 saturated heterocycles. The second kappa shape index (κ2) is 10.2. The van der Waals surface area contributed by atoms with Crippen LogP contribution in [-0.4, -0.2) is 46.8 Å². The van der Waals surface area contributed by atoms with Crippen molar-refractivity contribution in [2.45, 2.75) is 11.1 Å². The van der Waals surface area contributed by atoms with Crippen molar-refractivity contribution >= 4 is 33.2 Å². The maximum Gasteiger partial charge on any atom is 0.421 e. The minimum Gasteiger partial charge on any atom is -0.493 e. The predicted molar refractivity (Wildman–Crippen MR) is 122 cm³/mol. The summed E-state index contributed by atoms with van der Waals surface area (Å²) < 4.78 is 83.6. The maximum absolute atomic E-state index is 13.7. The summed E-state index contributed by atoms with van der Waals surface area (Å²) in [6.07, 6.45) is -4.23. The first-order valence-corrected chi connectivity index (χ1v) is 11.3. The van der Waals surface area contributed by atoms with Gasteiger partial charge < -0.3 is 24.8 Å². The van der Waals surface area contributed by atoms with E-state index in [2.05, 4.69) is 25.3 Å². The number of benzene rings is 2. The zero-order valence-corrected chi connectivity index (χ0v) is 19.8. The number of methoxy groups -OCH3 is 3. The van der Waals surface area contributed by atoms with E-state index in [0.29, 0.717) is 29.1 Å². The Morgan fingerprint density at radius 3 is 2.11 bits per heavy atom. The third kappa shape index (κ3) is 5.66. The van der Waals surface area contributed by atoms with Gasteiger partial charge in [-0.25, -0.2) is 18.1 Å². The van der Waals surface area contributed by atoms with Crippen LogP contribution in [-0.2, 0) is 16.2 Å². The number of alkyl halides is 3. The van der Waals surface area contributed by atoms with Crippen LogP contribution in [0, 0.1) is 0 Å². The number of halogens is 3. The van der Waals surface area contributed by atoms with Crippen molar-refractivity contribution < 1.29 is 35.8 Å². The monoisotopic (exact) mass is 513 g/mol. The van der Waals surface area contributed by atoms with E-state index < -0.39 is 27.6 Å². The molecule has 3 rings (SSSR count). The number of nitrogens with one attached hydrogen (secondary N) is 3. The first kappa shape index (κ1) is 25.8. The number of para-hydroxylation sites is 1. The molecular formula is C21H22F3N5O5S. The number of hydrogen-bond donors (Lipinski definition) is 3. The molecule has 0 radical (unpaired) electrons. The van der Waals surface area contributed by atoms with Gasteiger partial charge in [-0.2, -0.15) is 18.2 Å². The standard InChI is InChI=1S/C21H22F3N5O5S/c1-25-35(30,31)17-8-6-5-7-14(17)28-19-13(21(22,23)24)11-26-20(29-19)27-12-9-15(32-2)18(34-4)16(10-12)33-3/h5-11,25H,1-4H3,(H2,26,27,28,29). The molecule has 0 aliphatic heterocycles. The Morgan fingerprint density at radius 2 is 1.57 bits per heavy atom. The largest absolute Gasteiger partial charge is 0.493 e. The van der Waals surface area contributed by atoms with Crippen molar-refractivity contribution in [3.8, 4) is 17.2 Å². The molecule has 2 aromatic carbocycles. The molecule has 10 nitrogen and oxygen atoms in total. The third-order valence-electron chi connectivity index (χ3n) is 4.71. The van der Waals surface area contributed by atoms with E-state index in [1.165, 1.54) is 64.8 Å². The molecule has 0 unspecified atom stereocenters. The van der Waals surface area contributed by atoms with Gasteiger partial charge in [-0.1, -0.05) is 12.1 Å². The number of rotatable bonds is 9. The van der Waals surface area contributed by atoms with E-state index in [1.54, 1.807) is 0 Å². The van der Waals surface area contributed by atoms with Gasteiger partial charge in [0.05, 0.1) is 27.0 Å². The van der Waals surface area contributed by atoms with Gasteiger partial charge in [-0.05, 0) is 19.2 Å². The van der Waals surface area contributed by atoms with Gasteiger partial charge in [0.2, 0.25) is 21.7 Å². The summed E-state index contributed by atoms with van der Waals surface area (Å²) in [5, 5.41) is 5.27. The molecule has 1 aromatic heterocycles. The molecule has 0 aliphatic rings. The normalized spacial score (nSPS) is 11.6. The van der Waals surface area contributed by atoms with Crippen LogP contribution in [0.4, 0.5) is 36.3 Å². The Hall–Kier alpha value is -3.78. The van der Waals surface area contributed by atoms with Crippen LogP contribution < -0.4 is 29.6 Å². The molecule has 0 aliphatic carbocycles. The summed E-state index contributed by atoms with van der Waals surface area (Å²) in [6, 6.07) is 8.52. The molecule has 3 aromatic rings. The van der Waals surface area contributed by atoms with E-state index in [-0.39, 0.29) is 16.5 Å². The van der Waals surface area contributed by atoms with Crippen LogP contribution in [0.15, 0.2) is 47.5 Å². The lowest BCUT2D eigenvalue weighted by Crippen LogP contribution is -2.20. The highest BCUT2D eigenvalue weighted by Crippen LogP contribution is 2.41. The minimum atomic E-state index is -4.82. The van der Waals surface area contributed by atoms with Crippen molar-refractivity contribution in [3.05, 3.63) is 48.2 Å². The van der Waals surface area contributed by atoms with E-state index in [0.717, 1.165) is 0 Å². The van der Waals surface area contributed by atoms with Gasteiger partial charge in [-0.3, -0.25) is 0 Å².